The van der Waals surface area contributed by atoms with Crippen LogP contribution in [-0.2, 0) is 14.8 Å². The van der Waals surface area contributed by atoms with Gasteiger partial charge in [0.25, 0.3) is 15.9 Å². The van der Waals surface area contributed by atoms with Gasteiger partial charge in [0.05, 0.1) is 11.5 Å². The monoisotopic (exact) mass is 445 g/mol. The van der Waals surface area contributed by atoms with E-state index in [0.717, 1.165) is 5.56 Å². The smallest absolute Gasteiger partial charge is 0.409 e. The van der Waals surface area contributed by atoms with Crippen molar-refractivity contribution in [3.05, 3.63) is 59.2 Å². The number of hydrogen-bond donors (Lipinski definition) is 1. The molecular formula is C22H27N3O5S. The van der Waals surface area contributed by atoms with Gasteiger partial charge in [-0.25, -0.2) is 13.2 Å². The first-order chi connectivity index (χ1) is 14.7. The van der Waals surface area contributed by atoms with E-state index in [0.29, 0.717) is 49.6 Å². The van der Waals surface area contributed by atoms with E-state index in [1.54, 1.807) is 41.8 Å². The Kier molecular flexibility index (Phi) is 6.84. The molecule has 3 rings (SSSR count). The lowest BCUT2D eigenvalue weighted by Crippen LogP contribution is -2.50. The van der Waals surface area contributed by atoms with Crippen LogP contribution in [0.3, 0.4) is 0 Å². The van der Waals surface area contributed by atoms with Gasteiger partial charge in [-0.2, -0.15) is 0 Å². The van der Waals surface area contributed by atoms with Gasteiger partial charge in [0.1, 0.15) is 0 Å². The van der Waals surface area contributed by atoms with E-state index in [1.807, 2.05) is 19.1 Å². The third-order valence-corrected chi connectivity index (χ3v) is 6.53. The first-order valence-electron chi connectivity index (χ1n) is 10.1. The van der Waals surface area contributed by atoms with Crippen molar-refractivity contribution < 1.29 is 22.7 Å². The Balaban J connectivity index is 1.75. The second-order valence-electron chi connectivity index (χ2n) is 7.43. The molecule has 1 aliphatic heterocycles. The molecule has 2 aromatic carbocycles. The third kappa shape index (κ3) is 5.35. The van der Waals surface area contributed by atoms with Gasteiger partial charge in [0.15, 0.2) is 0 Å². The molecule has 8 nitrogen and oxygen atoms in total. The van der Waals surface area contributed by atoms with E-state index < -0.39 is 10.0 Å². The van der Waals surface area contributed by atoms with Crippen molar-refractivity contribution >= 4 is 27.7 Å². The summed E-state index contributed by atoms with van der Waals surface area (Å²) in [6.07, 6.45) is -0.388. The molecular weight excluding hydrogens is 418 g/mol. The van der Waals surface area contributed by atoms with Crippen molar-refractivity contribution in [2.24, 2.45) is 0 Å². The molecule has 0 spiro atoms. The number of carbonyl (C=O) groups is 2. The maximum absolute atomic E-state index is 13.1. The summed E-state index contributed by atoms with van der Waals surface area (Å²) in [5.74, 6) is -0.256. The van der Waals surface area contributed by atoms with Gasteiger partial charge in [0, 0.05) is 37.4 Å². The topological polar surface area (TPSA) is 96.0 Å². The van der Waals surface area contributed by atoms with Crippen LogP contribution in [0.2, 0.25) is 0 Å². The van der Waals surface area contributed by atoms with Crippen molar-refractivity contribution in [1.82, 2.24) is 9.80 Å². The van der Waals surface area contributed by atoms with Gasteiger partial charge in [0.2, 0.25) is 0 Å². The molecule has 0 aliphatic carbocycles. The summed E-state index contributed by atoms with van der Waals surface area (Å²) >= 11 is 0. The molecule has 31 heavy (non-hydrogen) atoms. The largest absolute Gasteiger partial charge is 0.450 e. The van der Waals surface area contributed by atoms with Crippen LogP contribution in [0.1, 0.15) is 28.4 Å². The minimum atomic E-state index is -3.85. The SMILES string of the molecule is CCOC(=O)N1CCN(C(=O)c2cc(S(=O)(=O)Nc3ccc(C)cc3)ccc2C)CC1. The Morgan fingerprint density at radius 3 is 2.19 bits per heavy atom. The highest BCUT2D eigenvalue weighted by Gasteiger charge is 2.27. The maximum atomic E-state index is 13.1. The number of ether oxygens (including phenoxy) is 1. The van der Waals surface area contributed by atoms with E-state index in [4.69, 9.17) is 4.74 Å². The molecule has 2 amide bonds. The zero-order valence-electron chi connectivity index (χ0n) is 17.9. The molecule has 0 saturated carbocycles. The number of benzene rings is 2. The predicted octanol–water partition coefficient (Wildman–Crippen LogP) is 3.02. The molecule has 0 radical (unpaired) electrons. The van der Waals surface area contributed by atoms with E-state index >= 15 is 0 Å². The van der Waals surface area contributed by atoms with Crippen molar-refractivity contribution in [3.63, 3.8) is 0 Å². The molecule has 1 aliphatic rings. The van der Waals surface area contributed by atoms with E-state index in [2.05, 4.69) is 4.72 Å². The van der Waals surface area contributed by atoms with Crippen LogP contribution in [0.4, 0.5) is 10.5 Å². The Morgan fingerprint density at radius 2 is 1.58 bits per heavy atom. The highest BCUT2D eigenvalue weighted by Crippen LogP contribution is 2.21. The first-order valence-corrected chi connectivity index (χ1v) is 11.6. The molecule has 1 saturated heterocycles. The number of rotatable bonds is 5. The number of amides is 2. The normalized spacial score (nSPS) is 14.3. The summed E-state index contributed by atoms with van der Waals surface area (Å²) in [4.78, 5) is 28.1. The number of anilines is 1. The number of hydrogen-bond acceptors (Lipinski definition) is 5. The average Bonchev–Trinajstić information content (AvgIpc) is 2.75. The summed E-state index contributed by atoms with van der Waals surface area (Å²) in [6.45, 7) is 7.19. The van der Waals surface area contributed by atoms with Crippen molar-refractivity contribution in [2.45, 2.75) is 25.7 Å². The average molecular weight is 446 g/mol. The first kappa shape index (κ1) is 22.6. The zero-order chi connectivity index (χ0) is 22.6. The van der Waals surface area contributed by atoms with Crippen molar-refractivity contribution in [3.8, 4) is 0 Å². The molecule has 166 valence electrons. The molecule has 1 fully saturated rings. The maximum Gasteiger partial charge on any atom is 0.409 e. The highest BCUT2D eigenvalue weighted by atomic mass is 32.2. The zero-order valence-corrected chi connectivity index (χ0v) is 18.7. The van der Waals surface area contributed by atoms with Gasteiger partial charge in [-0.15, -0.1) is 0 Å². The van der Waals surface area contributed by atoms with E-state index in [-0.39, 0.29) is 16.9 Å². The van der Waals surface area contributed by atoms with Gasteiger partial charge in [-0.1, -0.05) is 23.8 Å². The molecule has 1 heterocycles. The Bertz CT molecular complexity index is 1060. The summed E-state index contributed by atoms with van der Waals surface area (Å²) < 4.78 is 33.2. The predicted molar refractivity (Wildman–Crippen MR) is 118 cm³/mol. The van der Waals surface area contributed by atoms with Crippen LogP contribution in [0.25, 0.3) is 0 Å². The Labute approximate surface area is 182 Å². The van der Waals surface area contributed by atoms with Gasteiger partial charge < -0.3 is 14.5 Å². The lowest BCUT2D eigenvalue weighted by Gasteiger charge is -2.34. The minimum Gasteiger partial charge on any atom is -0.450 e. The molecule has 0 unspecified atom stereocenters. The van der Waals surface area contributed by atoms with Crippen molar-refractivity contribution in [2.75, 3.05) is 37.5 Å². The highest BCUT2D eigenvalue weighted by molar-refractivity contribution is 7.92. The summed E-state index contributed by atoms with van der Waals surface area (Å²) in [6, 6.07) is 11.5. The molecule has 1 N–H and O–H groups in total. The summed E-state index contributed by atoms with van der Waals surface area (Å²) in [5, 5.41) is 0. The Hall–Kier alpha value is -3.07. The van der Waals surface area contributed by atoms with Gasteiger partial charge in [-0.05, 0) is 50.6 Å². The van der Waals surface area contributed by atoms with Crippen LogP contribution in [0.15, 0.2) is 47.4 Å². The van der Waals surface area contributed by atoms with Crippen LogP contribution in [0.5, 0.6) is 0 Å². The number of nitrogens with zero attached hydrogens (tertiary/aromatic N) is 2. The fourth-order valence-electron chi connectivity index (χ4n) is 3.31. The summed E-state index contributed by atoms with van der Waals surface area (Å²) in [5.41, 5.74) is 2.49. The molecule has 9 heteroatoms. The quantitative estimate of drug-likeness (QED) is 0.763. The summed E-state index contributed by atoms with van der Waals surface area (Å²) in [7, 11) is -3.85. The van der Waals surface area contributed by atoms with E-state index in [1.165, 1.54) is 12.1 Å². The molecule has 2 aromatic rings. The number of sulfonamides is 1. The lowest BCUT2D eigenvalue weighted by atomic mass is 10.1. The van der Waals surface area contributed by atoms with E-state index in [9.17, 15) is 18.0 Å². The number of carbonyl (C=O) groups excluding carboxylic acids is 2. The van der Waals surface area contributed by atoms with Crippen LogP contribution in [-0.4, -0.2) is 63.0 Å². The second-order valence-corrected chi connectivity index (χ2v) is 9.11. The van der Waals surface area contributed by atoms with Gasteiger partial charge >= 0.3 is 6.09 Å². The fraction of sp³-hybridized carbons (Fsp3) is 0.364. The van der Waals surface area contributed by atoms with Crippen LogP contribution in [0, 0.1) is 13.8 Å². The minimum absolute atomic E-state index is 0.0205. The number of aryl methyl sites for hydroxylation is 2. The van der Waals surface area contributed by atoms with Crippen LogP contribution < -0.4 is 4.72 Å². The third-order valence-electron chi connectivity index (χ3n) is 5.15. The second kappa shape index (κ2) is 9.38. The van der Waals surface area contributed by atoms with Crippen LogP contribution >= 0.6 is 0 Å². The molecule has 0 atom stereocenters. The van der Waals surface area contributed by atoms with Crippen molar-refractivity contribution in [1.29, 1.82) is 0 Å². The standard InChI is InChI=1S/C22H27N3O5S/c1-4-30-22(27)25-13-11-24(12-14-25)21(26)20-15-19(10-7-17(20)3)31(28,29)23-18-8-5-16(2)6-9-18/h5-10,15,23H,4,11-14H2,1-3H3. The lowest BCUT2D eigenvalue weighted by molar-refractivity contribution is 0.0569. The molecule has 0 aromatic heterocycles. The van der Waals surface area contributed by atoms with Gasteiger partial charge in [-0.3, -0.25) is 9.52 Å². The Morgan fingerprint density at radius 1 is 0.968 bits per heavy atom. The molecule has 0 bridgehead atoms. The number of piperazine rings is 1. The fourth-order valence-corrected chi connectivity index (χ4v) is 4.40. The number of nitrogens with one attached hydrogen (secondary N) is 1.